The van der Waals surface area contributed by atoms with E-state index in [1.165, 1.54) is 29.2 Å². The van der Waals surface area contributed by atoms with Gasteiger partial charge in [0, 0.05) is 42.9 Å². The van der Waals surface area contributed by atoms with Crippen molar-refractivity contribution in [3.05, 3.63) is 59.4 Å². The first-order valence-electron chi connectivity index (χ1n) is 8.68. The third-order valence-electron chi connectivity index (χ3n) is 4.24. The van der Waals surface area contributed by atoms with Crippen LogP contribution in [0.25, 0.3) is 0 Å². The van der Waals surface area contributed by atoms with Gasteiger partial charge < -0.3 is 10.1 Å². The lowest BCUT2D eigenvalue weighted by Gasteiger charge is -2.26. The first-order valence-corrected chi connectivity index (χ1v) is 9.83. The molecule has 1 amide bonds. The number of ether oxygens (including phenoxy) is 1. The molecule has 0 saturated carbocycles. The summed E-state index contributed by atoms with van der Waals surface area (Å²) in [6.07, 6.45) is 0. The van der Waals surface area contributed by atoms with Gasteiger partial charge in [0.25, 0.3) is 5.91 Å². The van der Waals surface area contributed by atoms with E-state index in [0.29, 0.717) is 5.75 Å². The highest BCUT2D eigenvalue weighted by atomic mass is 32.2. The summed E-state index contributed by atoms with van der Waals surface area (Å²) < 4.78 is 18.4. The van der Waals surface area contributed by atoms with Crippen molar-refractivity contribution in [2.75, 3.05) is 36.5 Å². The zero-order chi connectivity index (χ0) is 18.4. The first-order chi connectivity index (χ1) is 12.6. The van der Waals surface area contributed by atoms with Gasteiger partial charge in [-0.1, -0.05) is 18.2 Å². The van der Waals surface area contributed by atoms with E-state index in [-0.39, 0.29) is 18.3 Å². The summed E-state index contributed by atoms with van der Waals surface area (Å²) in [5, 5.41) is 2.85. The number of aryl methyl sites for hydroxylation is 1. The molecule has 1 heterocycles. The van der Waals surface area contributed by atoms with Crippen molar-refractivity contribution in [3.8, 4) is 5.75 Å². The highest BCUT2D eigenvalue weighted by Gasteiger charge is 2.12. The summed E-state index contributed by atoms with van der Waals surface area (Å²) in [4.78, 5) is 14.5. The molecule has 2 aromatic carbocycles. The number of nitrogens with one attached hydrogen (secondary N) is 1. The van der Waals surface area contributed by atoms with E-state index in [1.807, 2.05) is 24.8 Å². The molecular weight excluding hydrogens is 351 g/mol. The minimum atomic E-state index is -0.387. The molecule has 1 aliphatic rings. The molecule has 0 radical (unpaired) electrons. The Morgan fingerprint density at radius 3 is 2.77 bits per heavy atom. The van der Waals surface area contributed by atoms with Gasteiger partial charge in [0.2, 0.25) is 0 Å². The molecule has 0 unspecified atom stereocenters. The quantitative estimate of drug-likeness (QED) is 0.837. The van der Waals surface area contributed by atoms with Crippen molar-refractivity contribution in [3.63, 3.8) is 0 Å². The maximum atomic E-state index is 13.1. The highest BCUT2D eigenvalue weighted by molar-refractivity contribution is 7.99. The van der Waals surface area contributed by atoms with E-state index in [1.54, 1.807) is 12.1 Å². The van der Waals surface area contributed by atoms with E-state index < -0.39 is 0 Å². The van der Waals surface area contributed by atoms with Gasteiger partial charge in [-0.15, -0.1) is 0 Å². The summed E-state index contributed by atoms with van der Waals surface area (Å²) in [7, 11) is 0. The molecule has 0 bridgehead atoms. The fourth-order valence-electron chi connectivity index (χ4n) is 2.87. The number of hydrogen-bond donors (Lipinski definition) is 1. The Kier molecular flexibility index (Phi) is 6.52. The predicted molar refractivity (Wildman–Crippen MR) is 104 cm³/mol. The zero-order valence-corrected chi connectivity index (χ0v) is 15.7. The molecule has 26 heavy (non-hydrogen) atoms. The van der Waals surface area contributed by atoms with Crippen molar-refractivity contribution >= 4 is 23.4 Å². The van der Waals surface area contributed by atoms with Gasteiger partial charge in [-0.3, -0.25) is 9.69 Å². The second-order valence-corrected chi connectivity index (χ2v) is 7.56. The van der Waals surface area contributed by atoms with Gasteiger partial charge in [-0.05, 0) is 36.2 Å². The van der Waals surface area contributed by atoms with Gasteiger partial charge in [0.1, 0.15) is 11.6 Å². The molecule has 2 aromatic rings. The van der Waals surface area contributed by atoms with E-state index in [4.69, 9.17) is 4.74 Å². The Morgan fingerprint density at radius 2 is 2.04 bits per heavy atom. The molecule has 138 valence electrons. The smallest absolute Gasteiger partial charge is 0.262 e. The molecule has 6 heteroatoms. The number of halogens is 1. The zero-order valence-electron chi connectivity index (χ0n) is 14.8. The summed E-state index contributed by atoms with van der Waals surface area (Å²) in [6.45, 7) is 5.02. The number of anilines is 1. The maximum Gasteiger partial charge on any atom is 0.262 e. The number of carbonyl (C=O) groups excluding carboxylic acids is 1. The van der Waals surface area contributed by atoms with E-state index in [9.17, 15) is 9.18 Å². The second kappa shape index (κ2) is 9.05. The monoisotopic (exact) mass is 374 g/mol. The molecule has 0 spiro atoms. The normalized spacial score (nSPS) is 14.8. The molecule has 0 aliphatic carbocycles. The standard InChI is InChI=1S/C20H23FN2O2S/c1-15-11-16(13-23-7-9-26-10-8-23)5-6-19(15)22-20(24)14-25-18-4-2-3-17(21)12-18/h2-6,11-12H,7-10,13-14H2,1H3,(H,22,24). The third kappa shape index (κ3) is 5.47. The molecule has 4 nitrogen and oxygen atoms in total. The fourth-order valence-corrected chi connectivity index (χ4v) is 3.85. The summed E-state index contributed by atoms with van der Waals surface area (Å²) >= 11 is 2.00. The van der Waals surface area contributed by atoms with Crippen LogP contribution in [0.2, 0.25) is 0 Å². The maximum absolute atomic E-state index is 13.1. The van der Waals surface area contributed by atoms with Crippen molar-refractivity contribution in [2.45, 2.75) is 13.5 Å². The lowest BCUT2D eigenvalue weighted by Crippen LogP contribution is -2.32. The minimum absolute atomic E-state index is 0.157. The van der Waals surface area contributed by atoms with Crippen molar-refractivity contribution < 1.29 is 13.9 Å². The number of hydrogen-bond acceptors (Lipinski definition) is 4. The summed E-state index contributed by atoms with van der Waals surface area (Å²) in [6, 6.07) is 11.9. The molecule has 1 saturated heterocycles. The topological polar surface area (TPSA) is 41.6 Å². The predicted octanol–water partition coefficient (Wildman–Crippen LogP) is 3.70. The van der Waals surface area contributed by atoms with Gasteiger partial charge in [-0.25, -0.2) is 4.39 Å². The molecule has 1 N–H and O–H groups in total. The number of thioether (sulfide) groups is 1. The Balaban J connectivity index is 1.53. The van der Waals surface area contributed by atoms with Crippen LogP contribution in [0, 0.1) is 12.7 Å². The van der Waals surface area contributed by atoms with Crippen LogP contribution in [0.15, 0.2) is 42.5 Å². The van der Waals surface area contributed by atoms with E-state index in [2.05, 4.69) is 22.3 Å². The Labute approximate surface area is 157 Å². The van der Waals surface area contributed by atoms with Crippen molar-refractivity contribution in [1.82, 2.24) is 4.90 Å². The van der Waals surface area contributed by atoms with Crippen molar-refractivity contribution in [2.24, 2.45) is 0 Å². The summed E-state index contributed by atoms with van der Waals surface area (Å²) in [5.41, 5.74) is 3.05. The van der Waals surface area contributed by atoms with Gasteiger partial charge >= 0.3 is 0 Å². The number of carbonyl (C=O) groups is 1. The first kappa shape index (κ1) is 18.7. The summed E-state index contributed by atoms with van der Waals surface area (Å²) in [5.74, 6) is 2.07. The van der Waals surface area contributed by atoms with Gasteiger partial charge in [-0.2, -0.15) is 11.8 Å². The average molecular weight is 374 g/mol. The minimum Gasteiger partial charge on any atom is -0.484 e. The number of rotatable bonds is 6. The Bertz CT molecular complexity index is 763. The van der Waals surface area contributed by atoms with Gasteiger partial charge in [0.15, 0.2) is 6.61 Å². The largest absolute Gasteiger partial charge is 0.484 e. The van der Waals surface area contributed by atoms with Crippen LogP contribution in [0.1, 0.15) is 11.1 Å². The Morgan fingerprint density at radius 1 is 1.23 bits per heavy atom. The van der Waals surface area contributed by atoms with Crippen LogP contribution in [0.3, 0.4) is 0 Å². The lowest BCUT2D eigenvalue weighted by atomic mass is 10.1. The molecule has 1 fully saturated rings. The lowest BCUT2D eigenvalue weighted by molar-refractivity contribution is -0.118. The molecule has 3 rings (SSSR count). The SMILES string of the molecule is Cc1cc(CN2CCSCC2)ccc1NC(=O)COc1cccc(F)c1. The fraction of sp³-hybridized carbons (Fsp3) is 0.350. The van der Waals surface area contributed by atoms with Crippen LogP contribution in [-0.4, -0.2) is 42.0 Å². The van der Waals surface area contributed by atoms with Crippen LogP contribution < -0.4 is 10.1 Å². The molecule has 0 atom stereocenters. The van der Waals surface area contributed by atoms with Crippen LogP contribution in [-0.2, 0) is 11.3 Å². The highest BCUT2D eigenvalue weighted by Crippen LogP contribution is 2.19. The number of nitrogens with zero attached hydrogens (tertiary/aromatic N) is 1. The number of benzene rings is 2. The number of amides is 1. The molecular formula is C20H23FN2O2S. The molecule has 1 aliphatic heterocycles. The second-order valence-electron chi connectivity index (χ2n) is 6.33. The average Bonchev–Trinajstić information content (AvgIpc) is 2.63. The molecule has 0 aromatic heterocycles. The van der Waals surface area contributed by atoms with Crippen LogP contribution in [0.4, 0.5) is 10.1 Å². The van der Waals surface area contributed by atoms with Crippen LogP contribution in [0.5, 0.6) is 5.75 Å². The third-order valence-corrected chi connectivity index (χ3v) is 5.18. The van der Waals surface area contributed by atoms with Crippen molar-refractivity contribution in [1.29, 1.82) is 0 Å². The van der Waals surface area contributed by atoms with Gasteiger partial charge in [0.05, 0.1) is 0 Å². The van der Waals surface area contributed by atoms with E-state index >= 15 is 0 Å². The van der Waals surface area contributed by atoms with E-state index in [0.717, 1.165) is 30.9 Å². The van der Waals surface area contributed by atoms with Crippen LogP contribution >= 0.6 is 11.8 Å². The Hall–Kier alpha value is -2.05.